The second-order valence-electron chi connectivity index (χ2n) is 3.48. The molecule has 0 saturated carbocycles. The Labute approximate surface area is 90.7 Å². The summed E-state index contributed by atoms with van der Waals surface area (Å²) in [7, 11) is 1.91. The molecule has 0 aliphatic rings. The SMILES string of the molecule is CCC(=O)OCN(C)c1ccccc1C. The maximum atomic E-state index is 11.0. The summed E-state index contributed by atoms with van der Waals surface area (Å²) in [5, 5.41) is 0. The fourth-order valence-corrected chi connectivity index (χ4v) is 1.33. The number of hydrogen-bond acceptors (Lipinski definition) is 3. The van der Waals surface area contributed by atoms with Crippen LogP contribution in [-0.4, -0.2) is 19.7 Å². The first-order valence-electron chi connectivity index (χ1n) is 5.07. The van der Waals surface area contributed by atoms with E-state index >= 15 is 0 Å². The number of esters is 1. The van der Waals surface area contributed by atoms with E-state index in [0.717, 1.165) is 5.69 Å². The van der Waals surface area contributed by atoms with Gasteiger partial charge in [0.2, 0.25) is 0 Å². The molecule has 15 heavy (non-hydrogen) atoms. The maximum Gasteiger partial charge on any atom is 0.307 e. The van der Waals surface area contributed by atoms with E-state index in [1.165, 1.54) is 5.56 Å². The number of benzene rings is 1. The molecular weight excluding hydrogens is 190 g/mol. The van der Waals surface area contributed by atoms with Crippen LogP contribution in [0, 0.1) is 6.92 Å². The number of anilines is 1. The molecule has 0 heterocycles. The molecule has 1 aromatic rings. The van der Waals surface area contributed by atoms with Gasteiger partial charge in [-0.05, 0) is 18.6 Å². The summed E-state index contributed by atoms with van der Waals surface area (Å²) in [6.45, 7) is 4.13. The number of hydrogen-bond donors (Lipinski definition) is 0. The monoisotopic (exact) mass is 207 g/mol. The van der Waals surface area contributed by atoms with Gasteiger partial charge in [-0.1, -0.05) is 25.1 Å². The molecule has 82 valence electrons. The van der Waals surface area contributed by atoms with E-state index in [4.69, 9.17) is 4.74 Å². The summed E-state index contributed by atoms with van der Waals surface area (Å²) < 4.78 is 5.05. The van der Waals surface area contributed by atoms with E-state index < -0.39 is 0 Å². The summed E-state index contributed by atoms with van der Waals surface area (Å²) in [6.07, 6.45) is 0.418. The van der Waals surface area contributed by atoms with Crippen LogP contribution < -0.4 is 4.90 Å². The second kappa shape index (κ2) is 5.39. The van der Waals surface area contributed by atoms with Gasteiger partial charge in [0.1, 0.15) is 0 Å². The third-order valence-electron chi connectivity index (χ3n) is 2.23. The van der Waals surface area contributed by atoms with Gasteiger partial charge in [-0.25, -0.2) is 0 Å². The summed E-state index contributed by atoms with van der Waals surface area (Å²) in [5.74, 6) is -0.171. The third kappa shape index (κ3) is 3.27. The lowest BCUT2D eigenvalue weighted by Gasteiger charge is -2.20. The molecule has 0 spiro atoms. The van der Waals surface area contributed by atoms with Crippen LogP contribution in [0.2, 0.25) is 0 Å². The van der Waals surface area contributed by atoms with Gasteiger partial charge in [-0.2, -0.15) is 0 Å². The molecule has 3 nitrogen and oxygen atoms in total. The molecule has 0 atom stereocenters. The fraction of sp³-hybridized carbons (Fsp3) is 0.417. The van der Waals surface area contributed by atoms with E-state index in [0.29, 0.717) is 13.2 Å². The van der Waals surface area contributed by atoms with Crippen LogP contribution in [0.5, 0.6) is 0 Å². The van der Waals surface area contributed by atoms with Crippen LogP contribution in [-0.2, 0) is 9.53 Å². The Balaban J connectivity index is 2.57. The maximum absolute atomic E-state index is 11.0. The van der Waals surface area contributed by atoms with Crippen molar-refractivity contribution in [2.75, 3.05) is 18.7 Å². The Kier molecular flexibility index (Phi) is 4.16. The predicted octanol–water partition coefficient (Wildman–Crippen LogP) is 2.34. The standard InChI is InChI=1S/C12H17NO2/c1-4-12(14)15-9-13(3)11-8-6-5-7-10(11)2/h5-8H,4,9H2,1-3H3. The van der Waals surface area contributed by atoms with Gasteiger partial charge in [-0.15, -0.1) is 0 Å². The summed E-state index contributed by atoms with van der Waals surface area (Å²) in [5.41, 5.74) is 2.26. The zero-order chi connectivity index (χ0) is 11.3. The Hall–Kier alpha value is -1.51. The molecule has 0 aliphatic heterocycles. The highest BCUT2D eigenvalue weighted by atomic mass is 16.5. The quantitative estimate of drug-likeness (QED) is 0.560. The topological polar surface area (TPSA) is 29.5 Å². The molecule has 0 bridgehead atoms. The van der Waals surface area contributed by atoms with Crippen molar-refractivity contribution in [3.63, 3.8) is 0 Å². The van der Waals surface area contributed by atoms with Crippen molar-refractivity contribution in [2.45, 2.75) is 20.3 Å². The first-order valence-corrected chi connectivity index (χ1v) is 5.07. The largest absolute Gasteiger partial charge is 0.444 e. The van der Waals surface area contributed by atoms with Gasteiger partial charge < -0.3 is 9.64 Å². The lowest BCUT2D eigenvalue weighted by molar-refractivity contribution is -0.143. The number of aryl methyl sites for hydroxylation is 1. The molecule has 1 aromatic carbocycles. The van der Waals surface area contributed by atoms with Gasteiger partial charge in [0.15, 0.2) is 6.73 Å². The van der Waals surface area contributed by atoms with Crippen molar-refractivity contribution >= 4 is 11.7 Å². The van der Waals surface area contributed by atoms with Crippen molar-refractivity contribution in [1.82, 2.24) is 0 Å². The molecule has 3 heteroatoms. The Bertz CT molecular complexity index is 336. The third-order valence-corrected chi connectivity index (χ3v) is 2.23. The molecule has 1 rings (SSSR count). The minimum Gasteiger partial charge on any atom is -0.444 e. The van der Waals surface area contributed by atoms with E-state index in [-0.39, 0.29) is 5.97 Å². The van der Waals surface area contributed by atoms with Crippen molar-refractivity contribution in [3.05, 3.63) is 29.8 Å². The number of carbonyl (C=O) groups excluding carboxylic acids is 1. The second-order valence-corrected chi connectivity index (χ2v) is 3.48. The summed E-state index contributed by atoms with van der Waals surface area (Å²) in [6, 6.07) is 8.01. The van der Waals surface area contributed by atoms with E-state index in [9.17, 15) is 4.79 Å². The molecule has 0 radical (unpaired) electrons. The number of ether oxygens (including phenoxy) is 1. The van der Waals surface area contributed by atoms with Crippen molar-refractivity contribution in [2.24, 2.45) is 0 Å². The van der Waals surface area contributed by atoms with Crippen LogP contribution in [0.1, 0.15) is 18.9 Å². The average Bonchev–Trinajstić information content (AvgIpc) is 2.26. The zero-order valence-corrected chi connectivity index (χ0v) is 9.49. The van der Waals surface area contributed by atoms with Crippen molar-refractivity contribution in [1.29, 1.82) is 0 Å². The van der Waals surface area contributed by atoms with E-state index in [1.54, 1.807) is 6.92 Å². The van der Waals surface area contributed by atoms with Crippen LogP contribution in [0.4, 0.5) is 5.69 Å². The van der Waals surface area contributed by atoms with Gasteiger partial charge >= 0.3 is 5.97 Å². The lowest BCUT2D eigenvalue weighted by Crippen LogP contribution is -2.23. The molecule has 0 unspecified atom stereocenters. The average molecular weight is 207 g/mol. The summed E-state index contributed by atoms with van der Waals surface area (Å²) in [4.78, 5) is 12.9. The molecular formula is C12H17NO2. The van der Waals surface area contributed by atoms with Gasteiger partial charge in [-0.3, -0.25) is 4.79 Å². The first-order chi connectivity index (χ1) is 7.15. The minimum absolute atomic E-state index is 0.171. The molecule has 0 saturated heterocycles. The Morgan fingerprint density at radius 1 is 1.40 bits per heavy atom. The summed E-state index contributed by atoms with van der Waals surface area (Å²) >= 11 is 0. The predicted molar refractivity (Wildman–Crippen MR) is 60.8 cm³/mol. The van der Waals surface area contributed by atoms with Crippen LogP contribution in [0.3, 0.4) is 0 Å². The van der Waals surface area contributed by atoms with Crippen LogP contribution in [0.15, 0.2) is 24.3 Å². The van der Waals surface area contributed by atoms with E-state index in [1.807, 2.05) is 43.1 Å². The Morgan fingerprint density at radius 2 is 2.07 bits per heavy atom. The minimum atomic E-state index is -0.171. The normalized spacial score (nSPS) is 9.80. The molecule has 0 fully saturated rings. The smallest absolute Gasteiger partial charge is 0.307 e. The van der Waals surface area contributed by atoms with Crippen molar-refractivity contribution < 1.29 is 9.53 Å². The van der Waals surface area contributed by atoms with Gasteiger partial charge in [0.05, 0.1) is 0 Å². The highest BCUT2D eigenvalue weighted by molar-refractivity contribution is 5.69. The first kappa shape index (κ1) is 11.6. The van der Waals surface area contributed by atoms with Crippen LogP contribution in [0.25, 0.3) is 0 Å². The molecule has 0 amide bonds. The number of para-hydroxylation sites is 1. The van der Waals surface area contributed by atoms with E-state index in [2.05, 4.69) is 0 Å². The molecule has 0 aromatic heterocycles. The highest BCUT2D eigenvalue weighted by Crippen LogP contribution is 2.17. The highest BCUT2D eigenvalue weighted by Gasteiger charge is 2.05. The lowest BCUT2D eigenvalue weighted by atomic mass is 10.2. The number of rotatable bonds is 4. The van der Waals surface area contributed by atoms with Gasteiger partial charge in [0, 0.05) is 19.2 Å². The molecule has 0 N–H and O–H groups in total. The number of carbonyl (C=O) groups is 1. The van der Waals surface area contributed by atoms with Gasteiger partial charge in [0.25, 0.3) is 0 Å². The zero-order valence-electron chi connectivity index (χ0n) is 9.49. The van der Waals surface area contributed by atoms with Crippen molar-refractivity contribution in [3.8, 4) is 0 Å². The number of nitrogens with zero attached hydrogens (tertiary/aromatic N) is 1. The Morgan fingerprint density at radius 3 is 2.67 bits per heavy atom. The fourth-order valence-electron chi connectivity index (χ4n) is 1.33. The van der Waals surface area contributed by atoms with Crippen LogP contribution >= 0.6 is 0 Å². The molecule has 0 aliphatic carbocycles.